The fraction of sp³-hybridized carbons (Fsp3) is 0.111. The summed E-state index contributed by atoms with van der Waals surface area (Å²) in [6.07, 6.45) is 0. The number of aromatic nitrogens is 1. The quantitative estimate of drug-likeness (QED) is 0.520. The van der Waals surface area contributed by atoms with Gasteiger partial charge in [0, 0.05) is 5.38 Å². The fourth-order valence-corrected chi connectivity index (χ4v) is 2.54. The van der Waals surface area contributed by atoms with Gasteiger partial charge in [-0.15, -0.1) is 11.3 Å². The molecule has 2 aromatic carbocycles. The van der Waals surface area contributed by atoms with E-state index in [4.69, 9.17) is 9.47 Å². The molecule has 0 bridgehead atoms. The summed E-state index contributed by atoms with van der Waals surface area (Å²) in [4.78, 5) is 16.0. The van der Waals surface area contributed by atoms with Crippen molar-refractivity contribution in [2.75, 3.05) is 0 Å². The Morgan fingerprint density at radius 3 is 2.39 bits per heavy atom. The first-order valence-corrected chi connectivity index (χ1v) is 8.00. The average Bonchev–Trinajstić information content (AvgIpc) is 3.02. The van der Waals surface area contributed by atoms with Gasteiger partial charge in [-0.05, 0) is 36.8 Å². The zero-order valence-corrected chi connectivity index (χ0v) is 13.4. The highest BCUT2D eigenvalue weighted by atomic mass is 32.1. The van der Waals surface area contributed by atoms with E-state index in [0.29, 0.717) is 18.1 Å². The number of hydrogen-bond acceptors (Lipinski definition) is 5. The molecule has 0 aliphatic heterocycles. The SMILES string of the molecule is Cc1nc(C(=O)Oc2ccc(OCc3ccccc3)cc2)cs1. The van der Waals surface area contributed by atoms with Crippen LogP contribution >= 0.6 is 11.3 Å². The Kier molecular flexibility index (Phi) is 4.68. The van der Waals surface area contributed by atoms with Crippen molar-refractivity contribution < 1.29 is 14.3 Å². The van der Waals surface area contributed by atoms with Crippen LogP contribution in [-0.4, -0.2) is 11.0 Å². The number of ether oxygens (including phenoxy) is 2. The van der Waals surface area contributed by atoms with Crippen LogP contribution in [0.25, 0.3) is 0 Å². The van der Waals surface area contributed by atoms with Gasteiger partial charge in [0.15, 0.2) is 5.69 Å². The van der Waals surface area contributed by atoms with Crippen LogP contribution in [0.2, 0.25) is 0 Å². The number of rotatable bonds is 5. The first-order chi connectivity index (χ1) is 11.2. The molecule has 23 heavy (non-hydrogen) atoms. The second-order valence-corrected chi connectivity index (χ2v) is 5.95. The molecule has 0 spiro atoms. The maximum atomic E-state index is 11.9. The lowest BCUT2D eigenvalue weighted by Gasteiger charge is -2.07. The standard InChI is InChI=1S/C18H15NO3S/c1-13-19-17(12-23-13)18(20)22-16-9-7-15(8-10-16)21-11-14-5-3-2-4-6-14/h2-10,12H,11H2,1H3. The minimum atomic E-state index is -0.452. The zero-order chi connectivity index (χ0) is 16.1. The molecule has 0 saturated heterocycles. The molecule has 5 heteroatoms. The molecule has 0 aliphatic rings. The fourth-order valence-electron chi connectivity index (χ4n) is 1.96. The largest absolute Gasteiger partial charge is 0.489 e. The monoisotopic (exact) mass is 325 g/mol. The van der Waals surface area contributed by atoms with Crippen molar-refractivity contribution in [2.24, 2.45) is 0 Å². The van der Waals surface area contributed by atoms with Gasteiger partial charge in [-0.2, -0.15) is 0 Å². The van der Waals surface area contributed by atoms with Crippen LogP contribution in [0.4, 0.5) is 0 Å². The van der Waals surface area contributed by atoms with Gasteiger partial charge in [0.05, 0.1) is 5.01 Å². The molecular weight excluding hydrogens is 310 g/mol. The Morgan fingerprint density at radius 2 is 1.74 bits per heavy atom. The van der Waals surface area contributed by atoms with E-state index in [1.807, 2.05) is 37.3 Å². The Hall–Kier alpha value is -2.66. The number of esters is 1. The summed E-state index contributed by atoms with van der Waals surface area (Å²) in [6, 6.07) is 16.9. The maximum absolute atomic E-state index is 11.9. The maximum Gasteiger partial charge on any atom is 0.363 e. The summed E-state index contributed by atoms with van der Waals surface area (Å²) in [5, 5.41) is 2.52. The minimum absolute atomic E-state index is 0.330. The van der Waals surface area contributed by atoms with Crippen molar-refractivity contribution in [1.82, 2.24) is 4.98 Å². The first kappa shape index (κ1) is 15.2. The van der Waals surface area contributed by atoms with E-state index in [9.17, 15) is 4.79 Å². The summed E-state index contributed by atoms with van der Waals surface area (Å²) in [6.45, 7) is 2.35. The molecule has 3 rings (SSSR count). The van der Waals surface area contributed by atoms with Crippen molar-refractivity contribution in [2.45, 2.75) is 13.5 Å². The Bertz CT molecular complexity index is 782. The van der Waals surface area contributed by atoms with Gasteiger partial charge in [-0.3, -0.25) is 0 Å². The van der Waals surface area contributed by atoms with Gasteiger partial charge in [-0.25, -0.2) is 9.78 Å². The first-order valence-electron chi connectivity index (χ1n) is 7.12. The second kappa shape index (κ2) is 7.07. The Balaban J connectivity index is 1.57. The molecule has 4 nitrogen and oxygen atoms in total. The van der Waals surface area contributed by atoms with E-state index in [-0.39, 0.29) is 0 Å². The molecule has 116 valence electrons. The van der Waals surface area contributed by atoms with E-state index < -0.39 is 5.97 Å². The number of nitrogens with zero attached hydrogens (tertiary/aromatic N) is 1. The van der Waals surface area contributed by atoms with Crippen LogP contribution < -0.4 is 9.47 Å². The van der Waals surface area contributed by atoms with Gasteiger partial charge in [0.1, 0.15) is 18.1 Å². The van der Waals surface area contributed by atoms with E-state index in [1.165, 1.54) is 11.3 Å². The molecule has 0 atom stereocenters. The van der Waals surface area contributed by atoms with Crippen molar-refractivity contribution in [3.8, 4) is 11.5 Å². The summed E-state index contributed by atoms with van der Waals surface area (Å²) < 4.78 is 11.0. The lowest BCUT2D eigenvalue weighted by molar-refractivity contribution is 0.0729. The zero-order valence-electron chi connectivity index (χ0n) is 12.6. The van der Waals surface area contributed by atoms with Crippen LogP contribution in [0, 0.1) is 6.92 Å². The topological polar surface area (TPSA) is 48.4 Å². The molecule has 0 N–H and O–H groups in total. The van der Waals surface area contributed by atoms with E-state index in [1.54, 1.807) is 29.6 Å². The third-order valence-corrected chi connectivity index (χ3v) is 3.88. The number of carbonyl (C=O) groups excluding carboxylic acids is 1. The molecule has 0 radical (unpaired) electrons. The average molecular weight is 325 g/mol. The van der Waals surface area contributed by atoms with Crippen molar-refractivity contribution >= 4 is 17.3 Å². The third-order valence-electron chi connectivity index (χ3n) is 3.11. The Morgan fingerprint density at radius 1 is 1.04 bits per heavy atom. The minimum Gasteiger partial charge on any atom is -0.489 e. The smallest absolute Gasteiger partial charge is 0.363 e. The van der Waals surface area contributed by atoms with E-state index in [2.05, 4.69) is 4.98 Å². The van der Waals surface area contributed by atoms with E-state index >= 15 is 0 Å². The highest BCUT2D eigenvalue weighted by molar-refractivity contribution is 7.09. The third kappa shape index (κ3) is 4.17. The highest BCUT2D eigenvalue weighted by Crippen LogP contribution is 2.20. The molecule has 1 heterocycles. The molecule has 0 fully saturated rings. The lowest BCUT2D eigenvalue weighted by atomic mass is 10.2. The molecule has 0 saturated carbocycles. The van der Waals surface area contributed by atoms with Crippen LogP contribution in [0.3, 0.4) is 0 Å². The molecule has 0 amide bonds. The molecule has 1 aromatic heterocycles. The lowest BCUT2D eigenvalue weighted by Crippen LogP contribution is -2.08. The molecule has 3 aromatic rings. The highest BCUT2D eigenvalue weighted by Gasteiger charge is 2.12. The summed E-state index contributed by atoms with van der Waals surface area (Å²) >= 11 is 1.42. The molecular formula is C18H15NO3S. The van der Waals surface area contributed by atoms with Crippen LogP contribution in [0.1, 0.15) is 21.1 Å². The predicted molar refractivity (Wildman–Crippen MR) is 89.0 cm³/mol. The second-order valence-electron chi connectivity index (χ2n) is 4.89. The van der Waals surface area contributed by atoms with Gasteiger partial charge >= 0.3 is 5.97 Å². The van der Waals surface area contributed by atoms with Crippen molar-refractivity contribution in [3.05, 3.63) is 76.2 Å². The number of thiazole rings is 1. The van der Waals surface area contributed by atoms with Crippen molar-refractivity contribution in [1.29, 1.82) is 0 Å². The number of benzene rings is 2. The van der Waals surface area contributed by atoms with Crippen LogP contribution in [0.15, 0.2) is 60.0 Å². The normalized spacial score (nSPS) is 10.3. The molecule has 0 aliphatic carbocycles. The van der Waals surface area contributed by atoms with Crippen LogP contribution in [-0.2, 0) is 6.61 Å². The van der Waals surface area contributed by atoms with E-state index in [0.717, 1.165) is 16.3 Å². The summed E-state index contributed by atoms with van der Waals surface area (Å²) in [7, 11) is 0. The summed E-state index contributed by atoms with van der Waals surface area (Å²) in [5.74, 6) is 0.734. The predicted octanol–water partition coefficient (Wildman–Crippen LogP) is 4.25. The summed E-state index contributed by atoms with van der Waals surface area (Å²) in [5.41, 5.74) is 1.43. The van der Waals surface area contributed by atoms with Gasteiger partial charge in [0.2, 0.25) is 0 Å². The van der Waals surface area contributed by atoms with Gasteiger partial charge in [-0.1, -0.05) is 30.3 Å². The number of carbonyl (C=O) groups is 1. The number of aryl methyl sites for hydroxylation is 1. The number of hydrogen-bond donors (Lipinski definition) is 0. The van der Waals surface area contributed by atoms with Crippen molar-refractivity contribution in [3.63, 3.8) is 0 Å². The van der Waals surface area contributed by atoms with Gasteiger partial charge in [0.25, 0.3) is 0 Å². The Labute approximate surface area is 138 Å². The van der Waals surface area contributed by atoms with Gasteiger partial charge < -0.3 is 9.47 Å². The van der Waals surface area contributed by atoms with Crippen LogP contribution in [0.5, 0.6) is 11.5 Å². The molecule has 0 unspecified atom stereocenters.